The first-order valence-electron chi connectivity index (χ1n) is 11.8. The Morgan fingerprint density at radius 1 is 1.16 bits per heavy atom. The van der Waals surface area contributed by atoms with E-state index in [-0.39, 0.29) is 11.9 Å². The smallest absolute Gasteiger partial charge is 0.272 e. The van der Waals surface area contributed by atoms with Crippen molar-refractivity contribution in [2.24, 2.45) is 18.9 Å². The van der Waals surface area contributed by atoms with Gasteiger partial charge in [0.25, 0.3) is 5.91 Å². The van der Waals surface area contributed by atoms with Crippen LogP contribution in [0.5, 0.6) is 0 Å². The molecule has 0 aliphatic carbocycles. The average Bonchev–Trinajstić information content (AvgIpc) is 3.18. The highest BCUT2D eigenvalue weighted by molar-refractivity contribution is 5.93. The van der Waals surface area contributed by atoms with Crippen molar-refractivity contribution in [3.8, 4) is 11.4 Å². The highest BCUT2D eigenvalue weighted by Gasteiger charge is 2.49. The number of fused-ring (bicyclic) bond motifs is 4. The number of hydrogen-bond acceptors (Lipinski definition) is 3. The Bertz CT molecular complexity index is 969. The summed E-state index contributed by atoms with van der Waals surface area (Å²) in [5.74, 6) is 1.99. The van der Waals surface area contributed by atoms with Gasteiger partial charge >= 0.3 is 0 Å². The number of carbonyl (C=O) groups is 2. The number of amides is 2. The SMILES string of the molecule is CCC[C@H]1[C@H]2C[C@H](CN(C(=O)c3cnc(-c4ccccc4)n3C)C2)[C@@H]2CCCC(=O)N21. The average molecular weight is 421 g/mol. The summed E-state index contributed by atoms with van der Waals surface area (Å²) in [6.45, 7) is 3.68. The van der Waals surface area contributed by atoms with E-state index in [1.165, 1.54) is 0 Å². The number of rotatable bonds is 4. The Labute approximate surface area is 184 Å². The molecule has 164 valence electrons. The number of hydrogen-bond donors (Lipinski definition) is 0. The van der Waals surface area contributed by atoms with E-state index in [1.54, 1.807) is 6.20 Å². The minimum atomic E-state index is 0.0673. The van der Waals surface area contributed by atoms with Gasteiger partial charge in [-0.2, -0.15) is 0 Å². The number of benzene rings is 1. The fraction of sp³-hybridized carbons (Fsp3) is 0.560. The number of carbonyl (C=O) groups excluding carboxylic acids is 2. The van der Waals surface area contributed by atoms with Crippen LogP contribution in [-0.2, 0) is 11.8 Å². The number of likely N-dealkylation sites (tertiary alicyclic amines) is 1. The number of aromatic nitrogens is 2. The molecule has 3 saturated heterocycles. The lowest BCUT2D eigenvalue weighted by atomic mass is 9.71. The normalized spacial score (nSPS) is 27.9. The predicted octanol–water partition coefficient (Wildman–Crippen LogP) is 3.73. The van der Waals surface area contributed by atoms with Crippen molar-refractivity contribution in [1.82, 2.24) is 19.4 Å². The summed E-state index contributed by atoms with van der Waals surface area (Å²) < 4.78 is 1.92. The summed E-state index contributed by atoms with van der Waals surface area (Å²) >= 11 is 0. The number of nitrogens with zero attached hydrogens (tertiary/aromatic N) is 4. The lowest BCUT2D eigenvalue weighted by Crippen LogP contribution is -2.65. The zero-order valence-corrected chi connectivity index (χ0v) is 18.5. The van der Waals surface area contributed by atoms with E-state index in [9.17, 15) is 9.59 Å². The van der Waals surface area contributed by atoms with Gasteiger partial charge in [-0.15, -0.1) is 0 Å². The van der Waals surface area contributed by atoms with Gasteiger partial charge in [0.2, 0.25) is 5.91 Å². The molecule has 6 heteroatoms. The summed E-state index contributed by atoms with van der Waals surface area (Å²) in [4.78, 5) is 35.2. The van der Waals surface area contributed by atoms with Gasteiger partial charge in [0.05, 0.1) is 6.20 Å². The first-order chi connectivity index (χ1) is 15.1. The number of imidazole rings is 1. The fourth-order valence-electron chi connectivity index (χ4n) is 6.23. The van der Waals surface area contributed by atoms with Crippen LogP contribution < -0.4 is 0 Å². The molecule has 3 fully saturated rings. The van der Waals surface area contributed by atoms with Crippen molar-refractivity contribution in [2.45, 2.75) is 57.5 Å². The maximum absolute atomic E-state index is 13.6. The minimum absolute atomic E-state index is 0.0673. The molecular formula is C25H32N4O2. The van der Waals surface area contributed by atoms with Gasteiger partial charge in [-0.25, -0.2) is 4.98 Å². The first-order valence-corrected chi connectivity index (χ1v) is 11.8. The third kappa shape index (κ3) is 3.46. The minimum Gasteiger partial charge on any atom is -0.337 e. The summed E-state index contributed by atoms with van der Waals surface area (Å²) in [7, 11) is 1.93. The Hall–Kier alpha value is -2.63. The van der Waals surface area contributed by atoms with Crippen LogP contribution in [0.15, 0.2) is 36.5 Å². The Morgan fingerprint density at radius 2 is 1.94 bits per heavy atom. The van der Waals surface area contributed by atoms with Crippen LogP contribution in [0.3, 0.4) is 0 Å². The highest BCUT2D eigenvalue weighted by Crippen LogP contribution is 2.43. The maximum Gasteiger partial charge on any atom is 0.272 e. The van der Waals surface area contributed by atoms with Crippen molar-refractivity contribution >= 4 is 11.8 Å². The van der Waals surface area contributed by atoms with Crippen molar-refractivity contribution in [1.29, 1.82) is 0 Å². The second kappa shape index (κ2) is 8.13. The molecule has 3 aliphatic heterocycles. The standard InChI is InChI=1S/C25H32N4O2/c1-3-8-20-18-13-19(21-11-7-12-23(30)29(20)21)16-28(15-18)25(31)22-14-26-24(27(22)2)17-9-5-4-6-10-17/h4-6,9-10,14,18-21H,3,7-8,11-13,15-16H2,1-2H3/t18-,19+,20-,21-/m0/s1. The zero-order chi connectivity index (χ0) is 21.5. The van der Waals surface area contributed by atoms with E-state index in [1.807, 2.05) is 46.8 Å². The molecule has 0 unspecified atom stereocenters. The lowest BCUT2D eigenvalue weighted by Gasteiger charge is -2.56. The molecule has 3 aliphatic rings. The molecule has 0 spiro atoms. The largest absolute Gasteiger partial charge is 0.337 e. The first kappa shape index (κ1) is 20.3. The topological polar surface area (TPSA) is 58.4 Å². The van der Waals surface area contributed by atoms with Crippen LogP contribution in [-0.4, -0.2) is 56.3 Å². The van der Waals surface area contributed by atoms with Gasteiger partial charge in [0.1, 0.15) is 11.5 Å². The van der Waals surface area contributed by atoms with Crippen LogP contribution >= 0.6 is 0 Å². The van der Waals surface area contributed by atoms with Gasteiger partial charge < -0.3 is 14.4 Å². The summed E-state index contributed by atoms with van der Waals surface area (Å²) in [6, 6.07) is 10.6. The van der Waals surface area contributed by atoms with Gasteiger partial charge in [-0.1, -0.05) is 43.7 Å². The number of piperidine rings is 3. The highest BCUT2D eigenvalue weighted by atomic mass is 16.2. The molecule has 2 amide bonds. The van der Waals surface area contributed by atoms with Gasteiger partial charge in [-0.3, -0.25) is 9.59 Å². The Morgan fingerprint density at radius 3 is 2.71 bits per heavy atom. The molecule has 1 aromatic heterocycles. The van der Waals surface area contributed by atoms with Crippen molar-refractivity contribution in [2.75, 3.05) is 13.1 Å². The van der Waals surface area contributed by atoms with E-state index in [0.29, 0.717) is 35.9 Å². The zero-order valence-electron chi connectivity index (χ0n) is 18.5. The van der Waals surface area contributed by atoms with E-state index >= 15 is 0 Å². The molecular weight excluding hydrogens is 388 g/mol. The lowest BCUT2D eigenvalue weighted by molar-refractivity contribution is -0.152. The van der Waals surface area contributed by atoms with Crippen LogP contribution in [0.25, 0.3) is 11.4 Å². The van der Waals surface area contributed by atoms with Crippen molar-refractivity contribution in [3.05, 3.63) is 42.2 Å². The Kier molecular flexibility index (Phi) is 5.32. The van der Waals surface area contributed by atoms with Crippen LogP contribution in [0, 0.1) is 11.8 Å². The van der Waals surface area contributed by atoms with Gasteiger partial charge in [-0.05, 0) is 37.5 Å². The maximum atomic E-state index is 13.6. The molecule has 0 saturated carbocycles. The van der Waals surface area contributed by atoms with Crippen LogP contribution in [0.1, 0.15) is 55.9 Å². The van der Waals surface area contributed by atoms with Crippen molar-refractivity contribution in [3.63, 3.8) is 0 Å². The van der Waals surface area contributed by atoms with Crippen LogP contribution in [0.4, 0.5) is 0 Å². The molecule has 31 heavy (non-hydrogen) atoms. The van der Waals surface area contributed by atoms with Crippen LogP contribution in [0.2, 0.25) is 0 Å². The van der Waals surface area contributed by atoms with E-state index < -0.39 is 0 Å². The second-order valence-electron chi connectivity index (χ2n) is 9.47. The predicted molar refractivity (Wildman–Crippen MR) is 119 cm³/mol. The summed E-state index contributed by atoms with van der Waals surface area (Å²) in [6.07, 6.45) is 7.71. The monoisotopic (exact) mass is 420 g/mol. The quantitative estimate of drug-likeness (QED) is 0.757. The molecule has 4 atom stereocenters. The van der Waals surface area contributed by atoms with E-state index in [2.05, 4.69) is 16.8 Å². The molecule has 2 aromatic rings. The summed E-state index contributed by atoms with van der Waals surface area (Å²) in [5, 5.41) is 0. The molecule has 6 nitrogen and oxygen atoms in total. The molecule has 0 N–H and O–H groups in total. The third-order valence-electron chi connectivity index (χ3n) is 7.61. The van der Waals surface area contributed by atoms with Crippen molar-refractivity contribution < 1.29 is 9.59 Å². The fourth-order valence-corrected chi connectivity index (χ4v) is 6.23. The molecule has 1 aromatic carbocycles. The third-order valence-corrected chi connectivity index (χ3v) is 7.61. The Balaban J connectivity index is 1.41. The molecule has 0 radical (unpaired) electrons. The van der Waals surface area contributed by atoms with Gasteiger partial charge in [0, 0.05) is 44.2 Å². The van der Waals surface area contributed by atoms with Gasteiger partial charge in [0.15, 0.2) is 0 Å². The summed E-state index contributed by atoms with van der Waals surface area (Å²) in [5.41, 5.74) is 1.65. The second-order valence-corrected chi connectivity index (χ2v) is 9.47. The molecule has 4 heterocycles. The molecule has 2 bridgehead atoms. The molecule has 5 rings (SSSR count). The van der Waals surface area contributed by atoms with E-state index in [4.69, 9.17) is 0 Å². The van der Waals surface area contributed by atoms with E-state index in [0.717, 1.165) is 56.6 Å².